The van der Waals surface area contributed by atoms with Crippen LogP contribution in [0.5, 0.6) is 0 Å². The second kappa shape index (κ2) is 7.92. The molecule has 2 saturated heterocycles. The van der Waals surface area contributed by atoms with Crippen molar-refractivity contribution in [2.24, 2.45) is 5.92 Å². The molecule has 1 amide bonds. The summed E-state index contributed by atoms with van der Waals surface area (Å²) in [7, 11) is 0. The number of alkyl halides is 3. The predicted molar refractivity (Wildman–Crippen MR) is 86.9 cm³/mol. The number of carbonyl (C=O) groups excluding carboxylic acids is 1. The standard InChI is InChI=1S/C18H22F4N2O2/c19-15-5-3-13(4-6-15)16-11-23(8-9-26-16)12-17(25)24-7-1-2-14(10-24)18(20,21)22/h3-6,14,16H,1-2,7-12H2/t14-,16-/m1/s1. The third-order valence-electron chi connectivity index (χ3n) is 4.99. The van der Waals surface area contributed by atoms with Crippen LogP contribution < -0.4 is 0 Å². The average Bonchev–Trinajstić information content (AvgIpc) is 2.62. The van der Waals surface area contributed by atoms with Gasteiger partial charge in [-0.1, -0.05) is 12.1 Å². The minimum Gasteiger partial charge on any atom is -0.371 e. The van der Waals surface area contributed by atoms with E-state index in [4.69, 9.17) is 4.74 Å². The van der Waals surface area contributed by atoms with E-state index >= 15 is 0 Å². The van der Waals surface area contributed by atoms with Crippen LogP contribution >= 0.6 is 0 Å². The van der Waals surface area contributed by atoms with Crippen molar-refractivity contribution in [2.75, 3.05) is 39.3 Å². The van der Waals surface area contributed by atoms with Crippen molar-refractivity contribution >= 4 is 5.91 Å². The summed E-state index contributed by atoms with van der Waals surface area (Å²) in [6, 6.07) is 6.00. The first-order valence-corrected chi connectivity index (χ1v) is 8.77. The lowest BCUT2D eigenvalue weighted by Gasteiger charge is -2.37. The Labute approximate surface area is 149 Å². The molecular weight excluding hydrogens is 352 g/mol. The van der Waals surface area contributed by atoms with Crippen LogP contribution in [0.3, 0.4) is 0 Å². The number of nitrogens with zero attached hydrogens (tertiary/aromatic N) is 2. The number of morpholine rings is 1. The molecule has 2 heterocycles. The van der Waals surface area contributed by atoms with Gasteiger partial charge in [0, 0.05) is 26.2 Å². The molecule has 0 bridgehead atoms. The number of rotatable bonds is 3. The minimum absolute atomic E-state index is 0.0750. The molecule has 0 unspecified atom stereocenters. The lowest BCUT2D eigenvalue weighted by atomic mass is 9.97. The molecule has 0 radical (unpaired) electrons. The number of ether oxygens (including phenoxy) is 1. The van der Waals surface area contributed by atoms with Crippen LogP contribution in [-0.4, -0.2) is 61.2 Å². The van der Waals surface area contributed by atoms with Crippen molar-refractivity contribution in [1.29, 1.82) is 0 Å². The normalized spacial score (nSPS) is 25.3. The fourth-order valence-corrected chi connectivity index (χ4v) is 3.49. The van der Waals surface area contributed by atoms with Gasteiger partial charge >= 0.3 is 6.18 Å². The molecule has 8 heteroatoms. The Morgan fingerprint density at radius 1 is 1.15 bits per heavy atom. The summed E-state index contributed by atoms with van der Waals surface area (Å²) in [5, 5.41) is 0. The van der Waals surface area contributed by atoms with Crippen molar-refractivity contribution in [2.45, 2.75) is 25.1 Å². The smallest absolute Gasteiger partial charge is 0.371 e. The molecule has 2 aliphatic heterocycles. The zero-order valence-electron chi connectivity index (χ0n) is 14.3. The maximum atomic E-state index is 13.0. The Morgan fingerprint density at radius 2 is 1.88 bits per heavy atom. The molecule has 0 aromatic heterocycles. The van der Waals surface area contributed by atoms with Gasteiger partial charge in [-0.05, 0) is 30.5 Å². The van der Waals surface area contributed by atoms with E-state index in [-0.39, 0.29) is 37.3 Å². The first kappa shape index (κ1) is 19.1. The SMILES string of the molecule is O=C(CN1CCO[C@@H](c2ccc(F)cc2)C1)N1CCC[C@@H](C(F)(F)F)C1. The number of benzene rings is 1. The summed E-state index contributed by atoms with van der Waals surface area (Å²) in [6.07, 6.45) is -4.08. The molecule has 2 atom stereocenters. The van der Waals surface area contributed by atoms with Crippen LogP contribution in [0.1, 0.15) is 24.5 Å². The number of piperidine rings is 1. The van der Waals surface area contributed by atoms with Gasteiger partial charge in [-0.25, -0.2) is 4.39 Å². The quantitative estimate of drug-likeness (QED) is 0.763. The first-order chi connectivity index (χ1) is 12.3. The van der Waals surface area contributed by atoms with Crippen molar-refractivity contribution in [1.82, 2.24) is 9.80 Å². The highest BCUT2D eigenvalue weighted by molar-refractivity contribution is 5.78. The van der Waals surface area contributed by atoms with Crippen LogP contribution in [0.4, 0.5) is 17.6 Å². The molecule has 0 aliphatic carbocycles. The molecule has 0 spiro atoms. The Bertz CT molecular complexity index is 621. The highest BCUT2D eigenvalue weighted by Crippen LogP contribution is 2.33. The summed E-state index contributed by atoms with van der Waals surface area (Å²) in [4.78, 5) is 15.7. The van der Waals surface area contributed by atoms with Crippen molar-refractivity contribution in [3.8, 4) is 0 Å². The van der Waals surface area contributed by atoms with E-state index in [0.717, 1.165) is 5.56 Å². The van der Waals surface area contributed by atoms with Gasteiger partial charge in [0.15, 0.2) is 0 Å². The van der Waals surface area contributed by atoms with Gasteiger partial charge < -0.3 is 9.64 Å². The zero-order chi connectivity index (χ0) is 18.7. The van der Waals surface area contributed by atoms with Crippen molar-refractivity contribution in [3.63, 3.8) is 0 Å². The topological polar surface area (TPSA) is 32.8 Å². The van der Waals surface area contributed by atoms with Gasteiger partial charge in [0.05, 0.1) is 25.2 Å². The van der Waals surface area contributed by atoms with E-state index in [1.807, 2.05) is 4.90 Å². The van der Waals surface area contributed by atoms with Crippen molar-refractivity contribution < 1.29 is 27.1 Å². The van der Waals surface area contributed by atoms with E-state index in [2.05, 4.69) is 0 Å². The highest BCUT2D eigenvalue weighted by Gasteiger charge is 2.42. The molecule has 2 aliphatic rings. The van der Waals surface area contributed by atoms with Gasteiger partial charge in [-0.2, -0.15) is 13.2 Å². The Kier molecular flexibility index (Phi) is 5.82. The average molecular weight is 374 g/mol. The van der Waals surface area contributed by atoms with Crippen LogP contribution in [0, 0.1) is 11.7 Å². The second-order valence-corrected chi connectivity index (χ2v) is 6.87. The van der Waals surface area contributed by atoms with Crippen LogP contribution in [0.25, 0.3) is 0 Å². The fraction of sp³-hybridized carbons (Fsp3) is 0.611. The molecule has 26 heavy (non-hydrogen) atoms. The summed E-state index contributed by atoms with van der Waals surface area (Å²) in [5.41, 5.74) is 0.818. The van der Waals surface area contributed by atoms with Crippen LogP contribution in [-0.2, 0) is 9.53 Å². The minimum atomic E-state index is -4.26. The molecule has 0 saturated carbocycles. The monoisotopic (exact) mass is 374 g/mol. The van der Waals surface area contributed by atoms with Gasteiger partial charge in [-0.3, -0.25) is 9.69 Å². The predicted octanol–water partition coefficient (Wildman–Crippen LogP) is 3.00. The summed E-state index contributed by atoms with van der Waals surface area (Å²) < 4.78 is 57.5. The lowest BCUT2D eigenvalue weighted by Crippen LogP contribution is -2.50. The second-order valence-electron chi connectivity index (χ2n) is 6.87. The number of hydrogen-bond acceptors (Lipinski definition) is 3. The molecule has 144 valence electrons. The third-order valence-corrected chi connectivity index (χ3v) is 4.99. The van der Waals surface area contributed by atoms with Crippen LogP contribution in [0.15, 0.2) is 24.3 Å². The lowest BCUT2D eigenvalue weighted by molar-refractivity contribution is -0.188. The van der Waals surface area contributed by atoms with Gasteiger partial charge in [0.1, 0.15) is 5.82 Å². The molecule has 3 rings (SSSR count). The van der Waals surface area contributed by atoms with Gasteiger partial charge in [0.25, 0.3) is 0 Å². The van der Waals surface area contributed by atoms with Gasteiger partial charge in [0.2, 0.25) is 5.91 Å². The largest absolute Gasteiger partial charge is 0.393 e. The third kappa shape index (κ3) is 4.73. The molecule has 1 aromatic rings. The molecule has 1 aromatic carbocycles. The maximum Gasteiger partial charge on any atom is 0.393 e. The number of hydrogen-bond donors (Lipinski definition) is 0. The van der Waals surface area contributed by atoms with E-state index in [9.17, 15) is 22.4 Å². The Morgan fingerprint density at radius 3 is 2.58 bits per heavy atom. The molecule has 2 fully saturated rings. The zero-order valence-corrected chi connectivity index (χ0v) is 14.3. The molecular formula is C18H22F4N2O2. The Hall–Kier alpha value is -1.67. The number of amides is 1. The number of likely N-dealkylation sites (tertiary alicyclic amines) is 1. The summed E-state index contributed by atoms with van der Waals surface area (Å²) in [5.74, 6) is -2.04. The Balaban J connectivity index is 1.56. The van der Waals surface area contributed by atoms with E-state index < -0.39 is 12.1 Å². The van der Waals surface area contributed by atoms with Crippen LogP contribution in [0.2, 0.25) is 0 Å². The summed E-state index contributed by atoms with van der Waals surface area (Å²) >= 11 is 0. The van der Waals surface area contributed by atoms with Gasteiger partial charge in [-0.15, -0.1) is 0 Å². The molecule has 0 N–H and O–H groups in total. The van der Waals surface area contributed by atoms with E-state index in [0.29, 0.717) is 32.7 Å². The summed E-state index contributed by atoms with van der Waals surface area (Å²) in [6.45, 7) is 1.60. The highest BCUT2D eigenvalue weighted by atomic mass is 19.4. The number of carbonyl (C=O) groups is 1. The van der Waals surface area contributed by atoms with E-state index in [1.54, 1.807) is 12.1 Å². The van der Waals surface area contributed by atoms with Crippen molar-refractivity contribution in [3.05, 3.63) is 35.6 Å². The first-order valence-electron chi connectivity index (χ1n) is 8.77. The maximum absolute atomic E-state index is 13.0. The molecule has 4 nitrogen and oxygen atoms in total. The fourth-order valence-electron chi connectivity index (χ4n) is 3.49. The number of halogens is 4. The van der Waals surface area contributed by atoms with E-state index in [1.165, 1.54) is 17.0 Å².